The summed E-state index contributed by atoms with van der Waals surface area (Å²) in [6.07, 6.45) is 5.23. The number of carbonyl (C=O) groups excluding carboxylic acids is 2. The molecule has 0 saturated heterocycles. The van der Waals surface area contributed by atoms with Gasteiger partial charge in [-0.2, -0.15) is 0 Å². The summed E-state index contributed by atoms with van der Waals surface area (Å²) < 4.78 is 10.5. The molecule has 2 rings (SSSR count). The van der Waals surface area contributed by atoms with Crippen LogP contribution in [0.3, 0.4) is 0 Å². The molecular formula is C18H26N2O4. The SMILES string of the molecule is COc1ccc(NC(=O)C[C@@H]2CCC[C@@H](C)C2)cc1OCC(N)=O. The van der Waals surface area contributed by atoms with Crippen LogP contribution in [-0.2, 0) is 9.59 Å². The maximum absolute atomic E-state index is 12.3. The number of primary amides is 1. The van der Waals surface area contributed by atoms with Crippen LogP contribution in [0.2, 0.25) is 0 Å². The Hall–Kier alpha value is -2.24. The molecule has 1 aliphatic rings. The van der Waals surface area contributed by atoms with Crippen LogP contribution in [0.1, 0.15) is 39.0 Å². The Morgan fingerprint density at radius 1 is 1.29 bits per heavy atom. The minimum Gasteiger partial charge on any atom is -0.493 e. The van der Waals surface area contributed by atoms with E-state index in [1.165, 1.54) is 20.0 Å². The van der Waals surface area contributed by atoms with Gasteiger partial charge in [-0.05, 0) is 36.8 Å². The standard InChI is InChI=1S/C18H26N2O4/c1-12-4-3-5-13(8-12)9-18(22)20-14-6-7-15(23-2)16(10-14)24-11-17(19)21/h6-7,10,12-13H,3-5,8-9,11H2,1-2H3,(H2,19,21)(H,20,22)/t12-,13-/m1/s1. The molecule has 3 N–H and O–H groups in total. The van der Waals surface area contributed by atoms with E-state index < -0.39 is 5.91 Å². The minimum atomic E-state index is -0.571. The average molecular weight is 334 g/mol. The molecule has 1 aliphatic carbocycles. The Morgan fingerprint density at radius 3 is 2.75 bits per heavy atom. The van der Waals surface area contributed by atoms with Crippen LogP contribution in [0, 0.1) is 11.8 Å². The van der Waals surface area contributed by atoms with E-state index in [4.69, 9.17) is 15.2 Å². The van der Waals surface area contributed by atoms with E-state index in [0.29, 0.717) is 35.4 Å². The Labute approximate surface area is 142 Å². The first kappa shape index (κ1) is 18.1. The van der Waals surface area contributed by atoms with E-state index in [1.54, 1.807) is 18.2 Å². The summed E-state index contributed by atoms with van der Waals surface area (Å²) in [5.74, 6) is 1.44. The third kappa shape index (κ3) is 5.44. The van der Waals surface area contributed by atoms with Crippen molar-refractivity contribution < 1.29 is 19.1 Å². The molecule has 132 valence electrons. The smallest absolute Gasteiger partial charge is 0.255 e. The van der Waals surface area contributed by atoms with Gasteiger partial charge in [0.1, 0.15) is 0 Å². The zero-order valence-electron chi connectivity index (χ0n) is 14.3. The number of hydrogen-bond acceptors (Lipinski definition) is 4. The van der Waals surface area contributed by atoms with Gasteiger partial charge in [-0.1, -0.05) is 19.8 Å². The normalized spacial score (nSPS) is 20.2. The second-order valence-corrected chi connectivity index (χ2v) is 6.51. The lowest BCUT2D eigenvalue weighted by atomic mass is 9.81. The van der Waals surface area contributed by atoms with Gasteiger partial charge in [0.25, 0.3) is 5.91 Å². The largest absolute Gasteiger partial charge is 0.493 e. The molecule has 6 heteroatoms. The highest BCUT2D eigenvalue weighted by Gasteiger charge is 2.21. The number of benzene rings is 1. The summed E-state index contributed by atoms with van der Waals surface area (Å²) in [5, 5.41) is 2.89. The third-order valence-corrected chi connectivity index (χ3v) is 4.34. The number of nitrogens with two attached hydrogens (primary N) is 1. The zero-order valence-corrected chi connectivity index (χ0v) is 14.3. The fourth-order valence-electron chi connectivity index (χ4n) is 3.24. The number of nitrogens with one attached hydrogen (secondary N) is 1. The van der Waals surface area contributed by atoms with Crippen molar-refractivity contribution in [3.8, 4) is 11.5 Å². The van der Waals surface area contributed by atoms with Crippen LogP contribution >= 0.6 is 0 Å². The Balaban J connectivity index is 1.96. The molecule has 1 aromatic carbocycles. The minimum absolute atomic E-state index is 0.000109. The number of carbonyl (C=O) groups is 2. The number of hydrogen-bond donors (Lipinski definition) is 2. The predicted octanol–water partition coefficient (Wildman–Crippen LogP) is 2.71. The molecule has 2 atom stereocenters. The van der Waals surface area contributed by atoms with Gasteiger partial charge >= 0.3 is 0 Å². The molecule has 0 aromatic heterocycles. The van der Waals surface area contributed by atoms with Crippen LogP contribution in [-0.4, -0.2) is 25.5 Å². The summed E-state index contributed by atoms with van der Waals surface area (Å²) in [4.78, 5) is 23.1. The Bertz CT molecular complexity index is 588. The molecule has 1 fully saturated rings. The van der Waals surface area contributed by atoms with Crippen molar-refractivity contribution in [3.63, 3.8) is 0 Å². The van der Waals surface area contributed by atoms with Crippen LogP contribution in [0.15, 0.2) is 18.2 Å². The van der Waals surface area contributed by atoms with E-state index in [2.05, 4.69) is 12.2 Å². The molecule has 6 nitrogen and oxygen atoms in total. The molecule has 1 aromatic rings. The summed E-state index contributed by atoms with van der Waals surface area (Å²) in [5.41, 5.74) is 5.71. The van der Waals surface area contributed by atoms with Gasteiger partial charge in [-0.3, -0.25) is 9.59 Å². The first-order valence-corrected chi connectivity index (χ1v) is 8.37. The summed E-state index contributed by atoms with van der Waals surface area (Å²) in [6, 6.07) is 5.08. The van der Waals surface area contributed by atoms with Gasteiger partial charge in [0.2, 0.25) is 5.91 Å². The lowest BCUT2D eigenvalue weighted by Crippen LogP contribution is -2.21. The highest BCUT2D eigenvalue weighted by Crippen LogP contribution is 2.32. The lowest BCUT2D eigenvalue weighted by Gasteiger charge is -2.26. The molecule has 24 heavy (non-hydrogen) atoms. The van der Waals surface area contributed by atoms with Gasteiger partial charge in [-0.15, -0.1) is 0 Å². The lowest BCUT2D eigenvalue weighted by molar-refractivity contribution is -0.120. The first-order chi connectivity index (χ1) is 11.5. The van der Waals surface area contributed by atoms with Crippen molar-refractivity contribution in [2.75, 3.05) is 19.0 Å². The molecule has 0 aliphatic heterocycles. The monoisotopic (exact) mass is 334 g/mol. The van der Waals surface area contributed by atoms with Crippen molar-refractivity contribution in [3.05, 3.63) is 18.2 Å². The number of rotatable bonds is 7. The summed E-state index contributed by atoms with van der Waals surface area (Å²) in [7, 11) is 1.51. The quantitative estimate of drug-likeness (QED) is 0.802. The number of methoxy groups -OCH3 is 1. The second kappa shape index (κ2) is 8.57. The molecule has 0 spiro atoms. The van der Waals surface area contributed by atoms with Gasteiger partial charge in [0.05, 0.1) is 7.11 Å². The maximum atomic E-state index is 12.3. The molecule has 1 saturated carbocycles. The third-order valence-electron chi connectivity index (χ3n) is 4.34. The van der Waals surface area contributed by atoms with Crippen molar-refractivity contribution in [1.29, 1.82) is 0 Å². The maximum Gasteiger partial charge on any atom is 0.255 e. The van der Waals surface area contributed by atoms with Gasteiger partial charge in [0, 0.05) is 18.2 Å². The van der Waals surface area contributed by atoms with E-state index in [0.717, 1.165) is 12.8 Å². The highest BCUT2D eigenvalue weighted by molar-refractivity contribution is 5.91. The van der Waals surface area contributed by atoms with Crippen molar-refractivity contribution in [2.45, 2.75) is 39.0 Å². The summed E-state index contributed by atoms with van der Waals surface area (Å²) in [6.45, 7) is 2.00. The molecule has 2 amide bonds. The zero-order chi connectivity index (χ0) is 17.5. The second-order valence-electron chi connectivity index (χ2n) is 6.51. The topological polar surface area (TPSA) is 90.7 Å². The van der Waals surface area contributed by atoms with Crippen LogP contribution in [0.4, 0.5) is 5.69 Å². The molecule has 0 radical (unpaired) electrons. The predicted molar refractivity (Wildman–Crippen MR) is 92.1 cm³/mol. The Morgan fingerprint density at radius 2 is 2.08 bits per heavy atom. The van der Waals surface area contributed by atoms with E-state index in [1.807, 2.05) is 0 Å². The molecular weight excluding hydrogens is 308 g/mol. The number of anilines is 1. The van der Waals surface area contributed by atoms with E-state index in [-0.39, 0.29) is 12.5 Å². The van der Waals surface area contributed by atoms with Crippen molar-refractivity contribution >= 4 is 17.5 Å². The molecule has 0 bridgehead atoms. The van der Waals surface area contributed by atoms with Crippen LogP contribution in [0.25, 0.3) is 0 Å². The Kier molecular flexibility index (Phi) is 6.46. The van der Waals surface area contributed by atoms with Gasteiger partial charge in [-0.25, -0.2) is 0 Å². The fraction of sp³-hybridized carbons (Fsp3) is 0.556. The molecule has 0 unspecified atom stereocenters. The number of ether oxygens (including phenoxy) is 2. The van der Waals surface area contributed by atoms with Crippen molar-refractivity contribution in [2.24, 2.45) is 17.6 Å². The summed E-state index contributed by atoms with van der Waals surface area (Å²) >= 11 is 0. The first-order valence-electron chi connectivity index (χ1n) is 8.37. The van der Waals surface area contributed by atoms with Gasteiger partial charge < -0.3 is 20.5 Å². The van der Waals surface area contributed by atoms with E-state index in [9.17, 15) is 9.59 Å². The van der Waals surface area contributed by atoms with Crippen LogP contribution < -0.4 is 20.5 Å². The van der Waals surface area contributed by atoms with E-state index >= 15 is 0 Å². The molecule has 0 heterocycles. The van der Waals surface area contributed by atoms with Crippen LogP contribution in [0.5, 0.6) is 11.5 Å². The fourth-order valence-corrected chi connectivity index (χ4v) is 3.24. The number of amides is 2. The van der Waals surface area contributed by atoms with Gasteiger partial charge in [0.15, 0.2) is 18.1 Å². The highest BCUT2D eigenvalue weighted by atomic mass is 16.5. The van der Waals surface area contributed by atoms with Crippen molar-refractivity contribution in [1.82, 2.24) is 0 Å². The average Bonchev–Trinajstić information content (AvgIpc) is 2.53.